The largest absolute Gasteiger partial charge is 0.491 e. The minimum atomic E-state index is 0.705. The molecule has 0 aliphatic heterocycles. The number of nitrogen functional groups attached to an aromatic ring is 1. The molecule has 0 spiro atoms. The number of unbranched alkanes of at least 4 members (excludes halogenated alkanes) is 2. The highest BCUT2D eigenvalue weighted by atomic mass is 16.5. The van der Waals surface area contributed by atoms with Crippen LogP contribution in [-0.4, -0.2) is 16.2 Å². The third-order valence-electron chi connectivity index (χ3n) is 2.80. The quantitative estimate of drug-likeness (QED) is 0.602. The van der Waals surface area contributed by atoms with Gasteiger partial charge in [-0.1, -0.05) is 12.1 Å². The highest BCUT2D eigenvalue weighted by molar-refractivity contribution is 5.51. The van der Waals surface area contributed by atoms with Crippen molar-refractivity contribution in [1.29, 1.82) is 0 Å². The van der Waals surface area contributed by atoms with Crippen LogP contribution < -0.4 is 10.5 Å². The summed E-state index contributed by atoms with van der Waals surface area (Å²) < 4.78 is 7.72. The SMILES string of the molecule is Nc1ccccc1OCCCCCn1ccnc1. The molecule has 0 saturated carbocycles. The minimum absolute atomic E-state index is 0.705. The van der Waals surface area contributed by atoms with E-state index in [0.717, 1.165) is 38.2 Å². The van der Waals surface area contributed by atoms with Crippen LogP contribution in [0.1, 0.15) is 19.3 Å². The number of para-hydroxylation sites is 2. The van der Waals surface area contributed by atoms with E-state index < -0.39 is 0 Å². The summed E-state index contributed by atoms with van der Waals surface area (Å²) >= 11 is 0. The number of benzene rings is 1. The predicted octanol–water partition coefficient (Wildman–Crippen LogP) is 2.71. The van der Waals surface area contributed by atoms with Crippen LogP contribution in [0.3, 0.4) is 0 Å². The van der Waals surface area contributed by atoms with Crippen LogP contribution in [0.5, 0.6) is 5.75 Å². The fraction of sp³-hybridized carbons (Fsp3) is 0.357. The van der Waals surface area contributed by atoms with E-state index >= 15 is 0 Å². The molecule has 0 bridgehead atoms. The molecule has 1 aromatic heterocycles. The molecule has 18 heavy (non-hydrogen) atoms. The van der Waals surface area contributed by atoms with Crippen LogP contribution in [0.15, 0.2) is 43.0 Å². The molecule has 0 aliphatic carbocycles. The normalized spacial score (nSPS) is 10.4. The maximum absolute atomic E-state index is 5.79. The Morgan fingerprint density at radius 1 is 1.17 bits per heavy atom. The summed E-state index contributed by atoms with van der Waals surface area (Å²) in [5, 5.41) is 0. The fourth-order valence-electron chi connectivity index (χ4n) is 1.79. The van der Waals surface area contributed by atoms with Gasteiger partial charge < -0.3 is 15.0 Å². The fourth-order valence-corrected chi connectivity index (χ4v) is 1.79. The molecule has 0 saturated heterocycles. The van der Waals surface area contributed by atoms with Crippen molar-refractivity contribution in [3.63, 3.8) is 0 Å². The van der Waals surface area contributed by atoms with E-state index in [2.05, 4.69) is 9.55 Å². The summed E-state index contributed by atoms with van der Waals surface area (Å²) in [6, 6.07) is 7.60. The van der Waals surface area contributed by atoms with Crippen molar-refractivity contribution < 1.29 is 4.74 Å². The standard InChI is InChI=1S/C14H19N3O/c15-13-6-2-3-7-14(13)18-11-5-1-4-9-17-10-8-16-12-17/h2-3,6-8,10,12H,1,4-5,9,11,15H2. The molecule has 0 fully saturated rings. The number of ether oxygens (including phenoxy) is 1. The van der Waals surface area contributed by atoms with Crippen molar-refractivity contribution in [3.8, 4) is 5.75 Å². The predicted molar refractivity (Wildman–Crippen MR) is 72.4 cm³/mol. The van der Waals surface area contributed by atoms with Crippen molar-refractivity contribution >= 4 is 5.69 Å². The minimum Gasteiger partial charge on any atom is -0.491 e. The molecule has 0 aliphatic rings. The van der Waals surface area contributed by atoms with Gasteiger partial charge in [-0.05, 0) is 31.4 Å². The number of aromatic nitrogens is 2. The Morgan fingerprint density at radius 2 is 2.06 bits per heavy atom. The second-order valence-corrected chi connectivity index (χ2v) is 4.25. The molecule has 1 heterocycles. The molecule has 96 valence electrons. The van der Waals surface area contributed by atoms with Gasteiger partial charge in [-0.25, -0.2) is 4.98 Å². The van der Waals surface area contributed by atoms with Gasteiger partial charge in [0.1, 0.15) is 5.75 Å². The van der Waals surface area contributed by atoms with Crippen molar-refractivity contribution in [3.05, 3.63) is 43.0 Å². The van der Waals surface area contributed by atoms with Gasteiger partial charge in [0.25, 0.3) is 0 Å². The number of hydrogen-bond donors (Lipinski definition) is 1. The average molecular weight is 245 g/mol. The van der Waals surface area contributed by atoms with Crippen LogP contribution >= 0.6 is 0 Å². The molecule has 2 rings (SSSR count). The first-order valence-corrected chi connectivity index (χ1v) is 6.29. The van der Waals surface area contributed by atoms with E-state index in [9.17, 15) is 0 Å². The second-order valence-electron chi connectivity index (χ2n) is 4.25. The molecule has 0 amide bonds. The number of imidazole rings is 1. The number of rotatable bonds is 7. The first kappa shape index (κ1) is 12.5. The summed E-state index contributed by atoms with van der Waals surface area (Å²) in [6.07, 6.45) is 8.97. The highest BCUT2D eigenvalue weighted by Gasteiger charge is 1.98. The Bertz CT molecular complexity index is 454. The summed E-state index contributed by atoms with van der Waals surface area (Å²) in [6.45, 7) is 1.74. The third-order valence-corrected chi connectivity index (χ3v) is 2.80. The Morgan fingerprint density at radius 3 is 2.83 bits per heavy atom. The zero-order valence-electron chi connectivity index (χ0n) is 10.5. The summed E-state index contributed by atoms with van der Waals surface area (Å²) in [5.41, 5.74) is 6.49. The maximum Gasteiger partial charge on any atom is 0.142 e. The Kier molecular flexibility index (Phi) is 4.64. The van der Waals surface area contributed by atoms with Gasteiger partial charge in [-0.15, -0.1) is 0 Å². The monoisotopic (exact) mass is 245 g/mol. The summed E-state index contributed by atoms with van der Waals surface area (Å²) in [5.74, 6) is 0.784. The van der Waals surface area contributed by atoms with Gasteiger partial charge in [0.05, 0.1) is 18.6 Å². The first-order valence-electron chi connectivity index (χ1n) is 6.29. The van der Waals surface area contributed by atoms with Crippen LogP contribution in [0.25, 0.3) is 0 Å². The van der Waals surface area contributed by atoms with E-state index in [-0.39, 0.29) is 0 Å². The number of hydrogen-bond acceptors (Lipinski definition) is 3. The number of anilines is 1. The zero-order valence-corrected chi connectivity index (χ0v) is 10.5. The first-order chi connectivity index (χ1) is 8.86. The Hall–Kier alpha value is -1.97. The van der Waals surface area contributed by atoms with Gasteiger partial charge in [-0.3, -0.25) is 0 Å². The lowest BCUT2D eigenvalue weighted by Gasteiger charge is -2.08. The number of nitrogens with zero attached hydrogens (tertiary/aromatic N) is 2. The number of aryl methyl sites for hydroxylation is 1. The second kappa shape index (κ2) is 6.69. The van der Waals surface area contributed by atoms with Gasteiger partial charge in [0.15, 0.2) is 0 Å². The van der Waals surface area contributed by atoms with Gasteiger partial charge >= 0.3 is 0 Å². The molecule has 1 aromatic carbocycles. The van der Waals surface area contributed by atoms with Crippen molar-refractivity contribution in [2.45, 2.75) is 25.8 Å². The van der Waals surface area contributed by atoms with Crippen LogP contribution in [-0.2, 0) is 6.54 Å². The van der Waals surface area contributed by atoms with Crippen molar-refractivity contribution in [2.75, 3.05) is 12.3 Å². The van der Waals surface area contributed by atoms with E-state index in [1.165, 1.54) is 0 Å². The van der Waals surface area contributed by atoms with Crippen LogP contribution in [0.2, 0.25) is 0 Å². The molecule has 2 N–H and O–H groups in total. The molecule has 4 heteroatoms. The lowest BCUT2D eigenvalue weighted by Crippen LogP contribution is -2.01. The molecule has 4 nitrogen and oxygen atoms in total. The van der Waals surface area contributed by atoms with E-state index in [1.54, 1.807) is 6.20 Å². The summed E-state index contributed by atoms with van der Waals surface area (Å²) in [4.78, 5) is 4.01. The molecule has 2 aromatic rings. The lowest BCUT2D eigenvalue weighted by molar-refractivity contribution is 0.305. The van der Waals surface area contributed by atoms with Crippen molar-refractivity contribution in [1.82, 2.24) is 9.55 Å². The molecule has 0 unspecified atom stereocenters. The Balaban J connectivity index is 1.58. The third kappa shape index (κ3) is 3.80. The highest BCUT2D eigenvalue weighted by Crippen LogP contribution is 2.19. The lowest BCUT2D eigenvalue weighted by atomic mass is 10.2. The molecule has 0 atom stereocenters. The smallest absolute Gasteiger partial charge is 0.142 e. The van der Waals surface area contributed by atoms with Crippen molar-refractivity contribution in [2.24, 2.45) is 0 Å². The average Bonchev–Trinajstić information content (AvgIpc) is 2.89. The maximum atomic E-state index is 5.79. The van der Waals surface area contributed by atoms with E-state index in [0.29, 0.717) is 5.69 Å². The topological polar surface area (TPSA) is 53.1 Å². The van der Waals surface area contributed by atoms with Crippen LogP contribution in [0, 0.1) is 0 Å². The number of nitrogens with two attached hydrogens (primary N) is 1. The van der Waals surface area contributed by atoms with E-state index in [4.69, 9.17) is 10.5 Å². The van der Waals surface area contributed by atoms with Gasteiger partial charge in [0, 0.05) is 18.9 Å². The molecule has 0 radical (unpaired) electrons. The summed E-state index contributed by atoms with van der Waals surface area (Å²) in [7, 11) is 0. The molecular weight excluding hydrogens is 226 g/mol. The van der Waals surface area contributed by atoms with E-state index in [1.807, 2.05) is 36.8 Å². The molecular formula is C14H19N3O. The Labute approximate surface area is 107 Å². The zero-order chi connectivity index (χ0) is 12.6. The van der Waals surface area contributed by atoms with Crippen LogP contribution in [0.4, 0.5) is 5.69 Å². The van der Waals surface area contributed by atoms with Gasteiger partial charge in [0.2, 0.25) is 0 Å². The van der Waals surface area contributed by atoms with Gasteiger partial charge in [-0.2, -0.15) is 0 Å².